The Kier molecular flexibility index (Phi) is 3.70. The highest BCUT2D eigenvalue weighted by atomic mass is 32.2. The van der Waals surface area contributed by atoms with Gasteiger partial charge < -0.3 is 14.1 Å². The van der Waals surface area contributed by atoms with Gasteiger partial charge in [0.2, 0.25) is 0 Å². The molecule has 0 aliphatic heterocycles. The molecule has 6 heteroatoms. The first kappa shape index (κ1) is 13.8. The highest BCUT2D eigenvalue weighted by Crippen LogP contribution is 2.26. The number of benzene rings is 1. The van der Waals surface area contributed by atoms with Crippen molar-refractivity contribution in [2.75, 3.05) is 5.75 Å². The highest BCUT2D eigenvalue weighted by molar-refractivity contribution is 7.99. The minimum absolute atomic E-state index is 0.0134. The summed E-state index contributed by atoms with van der Waals surface area (Å²) in [6, 6.07) is 9.74. The SMILES string of the molecule is Cc1ccc2nc(SCC(=O)O)n(Cc3ccco3)c2c1. The summed E-state index contributed by atoms with van der Waals surface area (Å²) in [4.78, 5) is 15.3. The molecule has 1 N–H and O–H groups in total. The van der Waals surface area contributed by atoms with Crippen molar-refractivity contribution in [3.8, 4) is 0 Å². The molecule has 3 rings (SSSR count). The van der Waals surface area contributed by atoms with Gasteiger partial charge >= 0.3 is 5.97 Å². The quantitative estimate of drug-likeness (QED) is 0.733. The number of hydrogen-bond acceptors (Lipinski definition) is 4. The number of carboxylic acids is 1. The van der Waals surface area contributed by atoms with E-state index in [1.54, 1.807) is 6.26 Å². The Morgan fingerprint density at radius 1 is 1.43 bits per heavy atom. The van der Waals surface area contributed by atoms with E-state index < -0.39 is 5.97 Å². The van der Waals surface area contributed by atoms with Gasteiger partial charge in [0.25, 0.3) is 0 Å². The summed E-state index contributed by atoms with van der Waals surface area (Å²) < 4.78 is 7.39. The van der Waals surface area contributed by atoms with Crippen molar-refractivity contribution in [1.29, 1.82) is 0 Å². The van der Waals surface area contributed by atoms with E-state index in [1.807, 2.05) is 35.8 Å². The molecule has 0 aliphatic rings. The number of thioether (sulfide) groups is 1. The zero-order valence-corrected chi connectivity index (χ0v) is 12.3. The summed E-state index contributed by atoms with van der Waals surface area (Å²) in [6.07, 6.45) is 1.63. The van der Waals surface area contributed by atoms with Crippen LogP contribution in [-0.4, -0.2) is 26.4 Å². The molecule has 5 nitrogen and oxygen atoms in total. The van der Waals surface area contributed by atoms with Crippen LogP contribution in [0.15, 0.2) is 46.2 Å². The van der Waals surface area contributed by atoms with Gasteiger partial charge in [-0.2, -0.15) is 0 Å². The Morgan fingerprint density at radius 2 is 2.29 bits per heavy atom. The van der Waals surface area contributed by atoms with Crippen molar-refractivity contribution in [2.24, 2.45) is 0 Å². The summed E-state index contributed by atoms with van der Waals surface area (Å²) in [7, 11) is 0. The normalized spacial score (nSPS) is 11.1. The van der Waals surface area contributed by atoms with Crippen LogP contribution in [0.3, 0.4) is 0 Å². The van der Waals surface area contributed by atoms with E-state index in [0.717, 1.165) is 22.4 Å². The zero-order chi connectivity index (χ0) is 14.8. The topological polar surface area (TPSA) is 68.3 Å². The van der Waals surface area contributed by atoms with Gasteiger partial charge in [-0.3, -0.25) is 4.79 Å². The third kappa shape index (κ3) is 2.95. The average molecular weight is 302 g/mol. The second kappa shape index (κ2) is 5.65. The molecule has 0 amide bonds. The third-order valence-electron chi connectivity index (χ3n) is 3.09. The smallest absolute Gasteiger partial charge is 0.313 e. The van der Waals surface area contributed by atoms with Crippen molar-refractivity contribution in [2.45, 2.75) is 18.6 Å². The first-order valence-electron chi connectivity index (χ1n) is 6.47. The van der Waals surface area contributed by atoms with Gasteiger partial charge in [-0.05, 0) is 36.8 Å². The Morgan fingerprint density at radius 3 is 3.00 bits per heavy atom. The maximum atomic E-state index is 10.8. The van der Waals surface area contributed by atoms with Gasteiger partial charge in [0, 0.05) is 0 Å². The molecule has 108 valence electrons. The maximum absolute atomic E-state index is 10.8. The van der Waals surface area contributed by atoms with E-state index >= 15 is 0 Å². The molecule has 3 aromatic rings. The first-order chi connectivity index (χ1) is 10.1. The summed E-state index contributed by atoms with van der Waals surface area (Å²) in [5.74, 6) is -0.0544. The summed E-state index contributed by atoms with van der Waals surface area (Å²) in [5.41, 5.74) is 2.98. The number of hydrogen-bond donors (Lipinski definition) is 1. The molecule has 0 atom stereocenters. The highest BCUT2D eigenvalue weighted by Gasteiger charge is 2.14. The number of carbonyl (C=O) groups is 1. The van der Waals surface area contributed by atoms with Gasteiger partial charge in [-0.1, -0.05) is 17.8 Å². The predicted octanol–water partition coefficient (Wildman–Crippen LogP) is 3.16. The lowest BCUT2D eigenvalue weighted by Crippen LogP contribution is -2.04. The molecule has 0 radical (unpaired) electrons. The van der Waals surface area contributed by atoms with Gasteiger partial charge in [0.15, 0.2) is 5.16 Å². The molecule has 2 heterocycles. The van der Waals surface area contributed by atoms with E-state index in [-0.39, 0.29) is 5.75 Å². The van der Waals surface area contributed by atoms with Crippen LogP contribution in [0.5, 0.6) is 0 Å². The van der Waals surface area contributed by atoms with Crippen molar-refractivity contribution in [3.05, 3.63) is 47.9 Å². The molecule has 21 heavy (non-hydrogen) atoms. The number of imidazole rings is 1. The number of rotatable bonds is 5. The summed E-state index contributed by atoms with van der Waals surface area (Å²) in [5, 5.41) is 9.55. The second-order valence-electron chi connectivity index (χ2n) is 4.73. The monoisotopic (exact) mass is 302 g/mol. The lowest BCUT2D eigenvalue weighted by atomic mass is 10.2. The van der Waals surface area contributed by atoms with Crippen molar-refractivity contribution in [1.82, 2.24) is 9.55 Å². The molecular formula is C15H14N2O3S. The average Bonchev–Trinajstić information content (AvgIpc) is 3.06. The number of aryl methyl sites for hydroxylation is 1. The number of aromatic nitrogens is 2. The molecule has 0 spiro atoms. The van der Waals surface area contributed by atoms with Crippen molar-refractivity contribution in [3.63, 3.8) is 0 Å². The molecule has 0 saturated carbocycles. The van der Waals surface area contributed by atoms with Gasteiger partial charge in [-0.25, -0.2) is 4.98 Å². The van der Waals surface area contributed by atoms with Crippen LogP contribution in [0.25, 0.3) is 11.0 Å². The molecule has 0 fully saturated rings. The molecule has 1 aromatic carbocycles. The van der Waals surface area contributed by atoms with E-state index in [2.05, 4.69) is 11.1 Å². The van der Waals surface area contributed by atoms with Crippen LogP contribution in [0.4, 0.5) is 0 Å². The van der Waals surface area contributed by atoms with Crippen LogP contribution in [-0.2, 0) is 11.3 Å². The molecule has 0 unspecified atom stereocenters. The standard InChI is InChI=1S/C15H14N2O3S/c1-10-4-5-12-13(7-10)17(8-11-3-2-6-20-11)15(16-12)21-9-14(18)19/h2-7H,8-9H2,1H3,(H,18,19). The van der Waals surface area contributed by atoms with Crippen LogP contribution in [0.2, 0.25) is 0 Å². The predicted molar refractivity (Wildman–Crippen MR) is 80.6 cm³/mol. The van der Waals surface area contributed by atoms with Gasteiger partial charge in [0.1, 0.15) is 5.76 Å². The number of carboxylic acid groups (broad SMARTS) is 1. The van der Waals surface area contributed by atoms with Crippen LogP contribution >= 0.6 is 11.8 Å². The summed E-state index contributed by atoms with van der Waals surface area (Å²) >= 11 is 1.22. The first-order valence-corrected chi connectivity index (χ1v) is 7.46. The molecule has 0 saturated heterocycles. The fourth-order valence-corrected chi connectivity index (χ4v) is 2.89. The second-order valence-corrected chi connectivity index (χ2v) is 5.68. The van der Waals surface area contributed by atoms with E-state index in [1.165, 1.54) is 11.8 Å². The van der Waals surface area contributed by atoms with Crippen molar-refractivity contribution >= 4 is 28.8 Å². The van der Waals surface area contributed by atoms with E-state index in [0.29, 0.717) is 11.7 Å². The van der Waals surface area contributed by atoms with Crippen LogP contribution in [0.1, 0.15) is 11.3 Å². The largest absolute Gasteiger partial charge is 0.481 e. The number of furan rings is 1. The van der Waals surface area contributed by atoms with Crippen LogP contribution in [0, 0.1) is 6.92 Å². The fraction of sp³-hybridized carbons (Fsp3) is 0.200. The Balaban J connectivity index is 2.04. The van der Waals surface area contributed by atoms with E-state index in [4.69, 9.17) is 9.52 Å². The van der Waals surface area contributed by atoms with Gasteiger partial charge in [-0.15, -0.1) is 0 Å². The summed E-state index contributed by atoms with van der Waals surface area (Å²) in [6.45, 7) is 2.56. The number of nitrogens with zero attached hydrogens (tertiary/aromatic N) is 2. The van der Waals surface area contributed by atoms with Crippen molar-refractivity contribution < 1.29 is 14.3 Å². The fourth-order valence-electron chi connectivity index (χ4n) is 2.16. The third-order valence-corrected chi connectivity index (χ3v) is 4.05. The Bertz CT molecular complexity index is 778. The zero-order valence-electron chi connectivity index (χ0n) is 11.4. The van der Waals surface area contributed by atoms with Crippen LogP contribution < -0.4 is 0 Å². The molecular weight excluding hydrogens is 288 g/mol. The Hall–Kier alpha value is -2.21. The maximum Gasteiger partial charge on any atom is 0.313 e. The molecule has 0 aliphatic carbocycles. The minimum atomic E-state index is -0.854. The lowest BCUT2D eigenvalue weighted by molar-refractivity contribution is -0.133. The Labute approximate surface area is 125 Å². The number of fused-ring (bicyclic) bond motifs is 1. The molecule has 0 bridgehead atoms. The molecule has 2 aromatic heterocycles. The minimum Gasteiger partial charge on any atom is -0.481 e. The number of aliphatic carboxylic acids is 1. The van der Waals surface area contributed by atoms with Gasteiger partial charge in [0.05, 0.1) is 29.6 Å². The lowest BCUT2D eigenvalue weighted by Gasteiger charge is -2.06. The van der Waals surface area contributed by atoms with E-state index in [9.17, 15) is 4.79 Å².